The summed E-state index contributed by atoms with van der Waals surface area (Å²) in [5.74, 6) is 1.73. The predicted octanol–water partition coefficient (Wildman–Crippen LogP) is 7.53. The Morgan fingerprint density at radius 3 is 1.84 bits per heavy atom. The molecule has 0 heterocycles. The van der Waals surface area contributed by atoms with Gasteiger partial charge in [0, 0.05) is 34.8 Å². The zero-order chi connectivity index (χ0) is 19.2. The fourth-order valence-corrected chi connectivity index (χ4v) is 3.48. The maximum atomic E-state index is 3.77. The van der Waals surface area contributed by atoms with Crippen molar-refractivity contribution in [2.24, 2.45) is 16.7 Å². The normalized spacial score (nSPS) is 22.2. The lowest BCUT2D eigenvalue weighted by molar-refractivity contribution is 0.508. The van der Waals surface area contributed by atoms with Gasteiger partial charge in [-0.15, -0.1) is 0 Å². The first-order chi connectivity index (χ1) is 11.3. The van der Waals surface area contributed by atoms with Crippen molar-refractivity contribution >= 4 is 0 Å². The zero-order valence-electron chi connectivity index (χ0n) is 17.9. The molecular weight excluding hydrogens is 300 g/mol. The van der Waals surface area contributed by atoms with Gasteiger partial charge in [0.2, 0.25) is 0 Å². The molecule has 1 unspecified atom stereocenters. The second-order valence-electron chi connectivity index (χ2n) is 9.76. The average molecular weight is 336 g/mol. The Bertz CT molecular complexity index is 677. The monoisotopic (exact) mass is 335 g/mol. The van der Waals surface area contributed by atoms with E-state index in [1.807, 2.05) is 0 Å². The molecule has 0 radical (unpaired) electrons. The van der Waals surface area contributed by atoms with E-state index >= 15 is 0 Å². The minimum atomic E-state index is 0.180. The van der Waals surface area contributed by atoms with Crippen LogP contribution in [0.5, 0.6) is 0 Å². The molecule has 0 saturated carbocycles. The van der Waals surface area contributed by atoms with Crippen molar-refractivity contribution < 1.29 is 0 Å². The largest absolute Gasteiger partial charge is 0.153 e. The van der Waals surface area contributed by atoms with E-state index in [1.54, 1.807) is 0 Å². The third kappa shape index (κ3) is 4.31. The molecule has 25 heavy (non-hydrogen) atoms. The van der Waals surface area contributed by atoms with E-state index in [2.05, 4.69) is 99.3 Å². The molecule has 0 heteroatoms. The Hall–Kier alpha value is -1.65. The Morgan fingerprint density at radius 2 is 1.40 bits per heavy atom. The molecule has 0 fully saturated rings. The molecule has 0 aromatic rings. The van der Waals surface area contributed by atoms with Crippen molar-refractivity contribution in [2.75, 3.05) is 0 Å². The number of rotatable bonds is 0. The molecule has 134 valence electrons. The molecule has 0 aromatic heterocycles. The molecule has 2 aliphatic rings. The third-order valence-electron chi connectivity index (χ3n) is 5.21. The van der Waals surface area contributed by atoms with E-state index in [0.717, 1.165) is 0 Å². The van der Waals surface area contributed by atoms with E-state index in [4.69, 9.17) is 0 Å². The van der Waals surface area contributed by atoms with Gasteiger partial charge in [-0.2, -0.15) is 0 Å². The topological polar surface area (TPSA) is 0 Å². The van der Waals surface area contributed by atoms with Crippen LogP contribution in [0.2, 0.25) is 0 Å². The van der Waals surface area contributed by atoms with Crippen LogP contribution in [0.1, 0.15) is 69.2 Å². The van der Waals surface area contributed by atoms with E-state index in [1.165, 1.54) is 39.4 Å². The Morgan fingerprint density at radius 1 is 0.880 bits per heavy atom. The van der Waals surface area contributed by atoms with Gasteiger partial charge in [-0.25, -0.2) is 0 Å². The van der Waals surface area contributed by atoms with Gasteiger partial charge in [-0.3, -0.25) is 0 Å². The predicted molar refractivity (Wildman–Crippen MR) is 111 cm³/mol. The van der Waals surface area contributed by atoms with Crippen LogP contribution in [0.3, 0.4) is 0 Å². The Labute approximate surface area is 155 Å². The number of hydrogen-bond donors (Lipinski definition) is 0. The fourth-order valence-electron chi connectivity index (χ4n) is 3.48. The lowest BCUT2D eigenvalue weighted by Crippen LogP contribution is -2.15. The summed E-state index contributed by atoms with van der Waals surface area (Å²) in [6.07, 6.45) is 9.41. The summed E-state index contributed by atoms with van der Waals surface area (Å²) in [5.41, 5.74) is 12.2. The quantitative estimate of drug-likeness (QED) is 0.317. The SMILES string of the molecule is CC1=CC(C(C)(C)C)=C[C+](C)C1=C=C1C(C)=CC(C(C)(C)C)=CC1C. The van der Waals surface area contributed by atoms with Gasteiger partial charge in [0.25, 0.3) is 0 Å². The minimum Gasteiger partial charge on any atom is -0.0719 e. The van der Waals surface area contributed by atoms with Crippen LogP contribution < -0.4 is 0 Å². The van der Waals surface area contributed by atoms with Gasteiger partial charge < -0.3 is 0 Å². The van der Waals surface area contributed by atoms with Crippen molar-refractivity contribution in [3.8, 4) is 0 Å². The van der Waals surface area contributed by atoms with Crippen LogP contribution >= 0.6 is 0 Å². The fraction of sp³-hybridized carbons (Fsp3) is 0.520. The average Bonchev–Trinajstić information content (AvgIpc) is 2.42. The zero-order valence-corrected chi connectivity index (χ0v) is 17.9. The van der Waals surface area contributed by atoms with Crippen LogP contribution in [0.25, 0.3) is 0 Å². The lowest BCUT2D eigenvalue weighted by atomic mass is 9.75. The highest BCUT2D eigenvalue weighted by Crippen LogP contribution is 2.39. The summed E-state index contributed by atoms with van der Waals surface area (Å²) in [4.78, 5) is 0. The molecule has 2 rings (SSSR count). The third-order valence-corrected chi connectivity index (χ3v) is 5.21. The first-order valence-electron chi connectivity index (χ1n) is 9.47. The first kappa shape index (κ1) is 19.7. The van der Waals surface area contributed by atoms with Crippen molar-refractivity contribution in [3.05, 3.63) is 69.4 Å². The molecule has 0 nitrogen and oxygen atoms in total. The first-order valence-corrected chi connectivity index (χ1v) is 9.47. The molecule has 0 saturated heterocycles. The molecule has 0 bridgehead atoms. The van der Waals surface area contributed by atoms with Crippen molar-refractivity contribution in [3.63, 3.8) is 0 Å². The second kappa shape index (κ2) is 6.58. The van der Waals surface area contributed by atoms with Gasteiger partial charge >= 0.3 is 0 Å². The highest BCUT2D eigenvalue weighted by atomic mass is 14.3. The summed E-state index contributed by atoms with van der Waals surface area (Å²) >= 11 is 0. The highest BCUT2D eigenvalue weighted by Gasteiger charge is 2.30. The van der Waals surface area contributed by atoms with Gasteiger partial charge in [-0.1, -0.05) is 39.8 Å². The summed E-state index contributed by atoms with van der Waals surface area (Å²) in [7, 11) is 0. The van der Waals surface area contributed by atoms with Gasteiger partial charge in [0.05, 0.1) is 17.1 Å². The molecule has 0 aromatic carbocycles. The summed E-state index contributed by atoms with van der Waals surface area (Å²) in [6.45, 7) is 22.6. The van der Waals surface area contributed by atoms with E-state index in [9.17, 15) is 0 Å². The molecule has 0 spiro atoms. The maximum absolute atomic E-state index is 3.77. The van der Waals surface area contributed by atoms with Crippen molar-refractivity contribution in [2.45, 2.75) is 69.2 Å². The van der Waals surface area contributed by atoms with E-state index in [-0.39, 0.29) is 10.8 Å². The lowest BCUT2D eigenvalue weighted by Gasteiger charge is -2.27. The molecular formula is C25H35+. The van der Waals surface area contributed by atoms with Crippen molar-refractivity contribution in [1.29, 1.82) is 0 Å². The van der Waals surface area contributed by atoms with Crippen LogP contribution in [-0.4, -0.2) is 0 Å². The van der Waals surface area contributed by atoms with E-state index in [0.29, 0.717) is 5.92 Å². The molecule has 0 amide bonds. The smallest absolute Gasteiger partial charge is 0.0719 e. The van der Waals surface area contributed by atoms with Crippen LogP contribution in [0.4, 0.5) is 0 Å². The van der Waals surface area contributed by atoms with Gasteiger partial charge in [0.15, 0.2) is 5.57 Å². The highest BCUT2D eigenvalue weighted by molar-refractivity contribution is 5.57. The second-order valence-corrected chi connectivity index (χ2v) is 9.76. The van der Waals surface area contributed by atoms with Crippen molar-refractivity contribution in [1.82, 2.24) is 0 Å². The summed E-state index contributed by atoms with van der Waals surface area (Å²) < 4.78 is 0. The molecule has 2 aliphatic carbocycles. The number of allylic oxidation sites excluding steroid dienone is 9. The van der Waals surface area contributed by atoms with Gasteiger partial charge in [0.1, 0.15) is 0 Å². The summed E-state index contributed by atoms with van der Waals surface area (Å²) in [6, 6.07) is 0. The Balaban J connectivity index is 2.51. The molecule has 0 N–H and O–H groups in total. The maximum Gasteiger partial charge on any atom is 0.153 e. The standard InChI is InChI=1S/C25H35/c1-16-11-20(24(5,6)7)12-17(2)22(16)15-23-18(3)13-21(14-19(23)4)25(8,9)10/h11-14,16H,1-10H3/q+1. The van der Waals surface area contributed by atoms with Crippen LogP contribution in [-0.2, 0) is 0 Å². The van der Waals surface area contributed by atoms with Crippen LogP contribution in [0.15, 0.2) is 63.5 Å². The Kier molecular flexibility index (Phi) is 5.18. The minimum absolute atomic E-state index is 0.180. The summed E-state index contributed by atoms with van der Waals surface area (Å²) in [5, 5.41) is 0. The molecule has 0 aliphatic heterocycles. The molecule has 1 atom stereocenters. The van der Waals surface area contributed by atoms with Crippen LogP contribution in [0, 0.1) is 22.7 Å². The van der Waals surface area contributed by atoms with E-state index < -0.39 is 0 Å². The number of hydrogen-bond acceptors (Lipinski definition) is 0. The van der Waals surface area contributed by atoms with Gasteiger partial charge in [-0.05, 0) is 58.1 Å².